The summed E-state index contributed by atoms with van der Waals surface area (Å²) in [6.45, 7) is 4.45. The van der Waals surface area contributed by atoms with Gasteiger partial charge in [-0.15, -0.1) is 6.58 Å². The molecule has 0 unspecified atom stereocenters. The maximum Gasteiger partial charge on any atom is 0.119 e. The van der Waals surface area contributed by atoms with Gasteiger partial charge in [0, 0.05) is 0 Å². The van der Waals surface area contributed by atoms with E-state index in [2.05, 4.69) is 12.6 Å². The maximum absolute atomic E-state index is 8.80. The van der Waals surface area contributed by atoms with Gasteiger partial charge in [-0.3, -0.25) is 0 Å². The highest BCUT2D eigenvalue weighted by atomic mass is 16.5. The summed E-state index contributed by atoms with van der Waals surface area (Å²) in [5.41, 5.74) is 2.91. The molecule has 2 rings (SSSR count). The Balaban J connectivity index is 1.92. The Kier molecular flexibility index (Phi) is 5.60. The van der Waals surface area contributed by atoms with E-state index in [9.17, 15) is 0 Å². The Hall–Kier alpha value is -2.53. The standard InChI is InChI=1S/C19H19NO/c1-2-3-4-5-14-21-19-12-10-18(11-13-19)17-8-6-16(15-20)7-9-17/h2,6-13H,1,3-5,14H2. The molecule has 0 heterocycles. The molecule has 2 nitrogen and oxygen atoms in total. The van der Waals surface area contributed by atoms with E-state index in [0.29, 0.717) is 5.56 Å². The van der Waals surface area contributed by atoms with E-state index in [1.165, 1.54) is 0 Å². The molecule has 0 aliphatic rings. The molecule has 0 aromatic heterocycles. The van der Waals surface area contributed by atoms with Crippen molar-refractivity contribution in [2.75, 3.05) is 6.61 Å². The van der Waals surface area contributed by atoms with E-state index in [0.717, 1.165) is 42.7 Å². The number of unbranched alkanes of at least 4 members (excludes halogenated alkanes) is 2. The van der Waals surface area contributed by atoms with Crippen LogP contribution >= 0.6 is 0 Å². The fraction of sp³-hybridized carbons (Fsp3) is 0.211. The third-order valence-electron chi connectivity index (χ3n) is 3.27. The van der Waals surface area contributed by atoms with Crippen molar-refractivity contribution >= 4 is 0 Å². The summed E-state index contributed by atoms with van der Waals surface area (Å²) < 4.78 is 5.70. The van der Waals surface area contributed by atoms with Crippen LogP contribution in [0.25, 0.3) is 11.1 Å². The predicted molar refractivity (Wildman–Crippen MR) is 86.1 cm³/mol. The first-order valence-corrected chi connectivity index (χ1v) is 7.18. The fourth-order valence-electron chi connectivity index (χ4n) is 2.06. The van der Waals surface area contributed by atoms with Crippen LogP contribution in [0.1, 0.15) is 24.8 Å². The summed E-state index contributed by atoms with van der Waals surface area (Å²) in [5.74, 6) is 0.894. The quantitative estimate of drug-likeness (QED) is 0.529. The molecule has 0 fully saturated rings. The lowest BCUT2D eigenvalue weighted by atomic mass is 10.0. The number of benzene rings is 2. The second-order valence-electron chi connectivity index (χ2n) is 4.85. The molecule has 0 aliphatic carbocycles. The molecule has 0 amide bonds. The number of allylic oxidation sites excluding steroid dienone is 1. The molecule has 2 heteroatoms. The van der Waals surface area contributed by atoms with E-state index >= 15 is 0 Å². The first kappa shape index (κ1) is 14.9. The fourth-order valence-corrected chi connectivity index (χ4v) is 2.06. The molecule has 0 saturated heterocycles. The molecular weight excluding hydrogens is 258 g/mol. The molecule has 2 aromatic rings. The van der Waals surface area contributed by atoms with Crippen LogP contribution in [-0.2, 0) is 0 Å². The number of ether oxygens (including phenoxy) is 1. The molecule has 2 aromatic carbocycles. The normalized spacial score (nSPS) is 9.86. The zero-order valence-electron chi connectivity index (χ0n) is 12.1. The Morgan fingerprint density at radius 3 is 2.14 bits per heavy atom. The lowest BCUT2D eigenvalue weighted by Crippen LogP contribution is -1.96. The second kappa shape index (κ2) is 7.91. The minimum absolute atomic E-state index is 0.679. The number of nitrogens with zero attached hydrogens (tertiary/aromatic N) is 1. The topological polar surface area (TPSA) is 33.0 Å². The Morgan fingerprint density at radius 1 is 0.952 bits per heavy atom. The summed E-state index contributed by atoms with van der Waals surface area (Å²) >= 11 is 0. The summed E-state index contributed by atoms with van der Waals surface area (Å²) in [6.07, 6.45) is 5.14. The van der Waals surface area contributed by atoms with Crippen molar-refractivity contribution < 1.29 is 4.74 Å². The van der Waals surface area contributed by atoms with Gasteiger partial charge in [-0.2, -0.15) is 5.26 Å². The summed E-state index contributed by atoms with van der Waals surface area (Å²) in [7, 11) is 0. The van der Waals surface area contributed by atoms with Crippen LogP contribution in [0.15, 0.2) is 61.2 Å². The largest absolute Gasteiger partial charge is 0.494 e. The van der Waals surface area contributed by atoms with Crippen LogP contribution in [0.3, 0.4) is 0 Å². The van der Waals surface area contributed by atoms with Crippen LogP contribution in [0.4, 0.5) is 0 Å². The summed E-state index contributed by atoms with van der Waals surface area (Å²) in [6, 6.07) is 17.8. The number of nitriles is 1. The van der Waals surface area contributed by atoms with Crippen molar-refractivity contribution in [3.8, 4) is 22.9 Å². The van der Waals surface area contributed by atoms with Crippen LogP contribution < -0.4 is 4.74 Å². The number of hydrogen-bond acceptors (Lipinski definition) is 2. The third kappa shape index (κ3) is 4.50. The van der Waals surface area contributed by atoms with E-state index < -0.39 is 0 Å². The Labute approximate surface area is 126 Å². The number of hydrogen-bond donors (Lipinski definition) is 0. The molecule has 0 radical (unpaired) electrons. The maximum atomic E-state index is 8.80. The molecule has 0 atom stereocenters. The van der Waals surface area contributed by atoms with Gasteiger partial charge in [-0.25, -0.2) is 0 Å². The van der Waals surface area contributed by atoms with E-state index in [1.54, 1.807) is 0 Å². The van der Waals surface area contributed by atoms with Crippen molar-refractivity contribution in [3.63, 3.8) is 0 Å². The average molecular weight is 277 g/mol. The summed E-state index contributed by atoms with van der Waals surface area (Å²) in [5, 5.41) is 8.80. The van der Waals surface area contributed by atoms with Crippen LogP contribution in [0.5, 0.6) is 5.75 Å². The Bertz CT molecular complexity index is 606. The molecule has 0 aliphatic heterocycles. The van der Waals surface area contributed by atoms with Crippen LogP contribution in [0, 0.1) is 11.3 Å². The summed E-state index contributed by atoms with van der Waals surface area (Å²) in [4.78, 5) is 0. The van der Waals surface area contributed by atoms with Gasteiger partial charge in [-0.1, -0.05) is 30.3 Å². The predicted octanol–water partition coefficient (Wildman–Crippen LogP) is 4.96. The van der Waals surface area contributed by atoms with Gasteiger partial charge in [0.2, 0.25) is 0 Å². The van der Waals surface area contributed by atoms with Gasteiger partial charge in [0.05, 0.1) is 18.2 Å². The third-order valence-corrected chi connectivity index (χ3v) is 3.27. The van der Waals surface area contributed by atoms with Gasteiger partial charge in [0.25, 0.3) is 0 Å². The van der Waals surface area contributed by atoms with E-state index in [4.69, 9.17) is 10.00 Å². The van der Waals surface area contributed by atoms with E-state index in [-0.39, 0.29) is 0 Å². The minimum Gasteiger partial charge on any atom is -0.494 e. The molecule has 0 N–H and O–H groups in total. The molecule has 0 saturated carbocycles. The second-order valence-corrected chi connectivity index (χ2v) is 4.85. The van der Waals surface area contributed by atoms with Crippen molar-refractivity contribution in [3.05, 3.63) is 66.7 Å². The lowest BCUT2D eigenvalue weighted by Gasteiger charge is -2.07. The average Bonchev–Trinajstić information content (AvgIpc) is 2.55. The lowest BCUT2D eigenvalue weighted by molar-refractivity contribution is 0.307. The van der Waals surface area contributed by atoms with Crippen molar-refractivity contribution in [1.29, 1.82) is 5.26 Å². The molecule has 0 bridgehead atoms. The zero-order valence-corrected chi connectivity index (χ0v) is 12.1. The SMILES string of the molecule is C=CCCCCOc1ccc(-c2ccc(C#N)cc2)cc1. The zero-order chi connectivity index (χ0) is 14.9. The van der Waals surface area contributed by atoms with E-state index in [1.807, 2.05) is 54.6 Å². The van der Waals surface area contributed by atoms with Crippen LogP contribution in [0.2, 0.25) is 0 Å². The first-order valence-electron chi connectivity index (χ1n) is 7.18. The molecule has 21 heavy (non-hydrogen) atoms. The Morgan fingerprint density at radius 2 is 1.57 bits per heavy atom. The van der Waals surface area contributed by atoms with Gasteiger partial charge in [0.1, 0.15) is 5.75 Å². The van der Waals surface area contributed by atoms with Crippen LogP contribution in [-0.4, -0.2) is 6.61 Å². The highest BCUT2D eigenvalue weighted by molar-refractivity contribution is 5.64. The smallest absolute Gasteiger partial charge is 0.119 e. The first-order chi connectivity index (χ1) is 10.3. The van der Waals surface area contributed by atoms with Gasteiger partial charge < -0.3 is 4.74 Å². The monoisotopic (exact) mass is 277 g/mol. The van der Waals surface area contributed by atoms with Gasteiger partial charge in [0.15, 0.2) is 0 Å². The van der Waals surface area contributed by atoms with Crippen molar-refractivity contribution in [2.24, 2.45) is 0 Å². The minimum atomic E-state index is 0.679. The molecule has 0 spiro atoms. The van der Waals surface area contributed by atoms with Crippen molar-refractivity contribution in [1.82, 2.24) is 0 Å². The molecular formula is C19H19NO. The highest BCUT2D eigenvalue weighted by Gasteiger charge is 1.99. The van der Waals surface area contributed by atoms with Gasteiger partial charge in [-0.05, 0) is 54.7 Å². The highest BCUT2D eigenvalue weighted by Crippen LogP contribution is 2.22. The van der Waals surface area contributed by atoms with Gasteiger partial charge >= 0.3 is 0 Å². The number of rotatable bonds is 7. The van der Waals surface area contributed by atoms with Crippen molar-refractivity contribution in [2.45, 2.75) is 19.3 Å². The molecule has 106 valence electrons.